The summed E-state index contributed by atoms with van der Waals surface area (Å²) < 4.78 is 5.85. The Labute approximate surface area is 126 Å². The van der Waals surface area contributed by atoms with Crippen LogP contribution < -0.4 is 0 Å². The number of hydrogen-bond acceptors (Lipinski definition) is 4. The van der Waals surface area contributed by atoms with Gasteiger partial charge in [-0.15, -0.1) is 0 Å². The molecule has 3 atom stereocenters. The molecule has 1 aliphatic heterocycles. The van der Waals surface area contributed by atoms with E-state index in [1.807, 2.05) is 6.92 Å². The van der Waals surface area contributed by atoms with Gasteiger partial charge in [-0.2, -0.15) is 5.10 Å². The molecule has 1 aromatic heterocycles. The highest BCUT2D eigenvalue weighted by Gasteiger charge is 2.29. The van der Waals surface area contributed by atoms with Crippen LogP contribution in [0.5, 0.6) is 0 Å². The molecule has 1 saturated heterocycles. The Morgan fingerprint density at radius 1 is 1.43 bits per heavy atom. The molecule has 0 aromatic carbocycles. The van der Waals surface area contributed by atoms with Crippen LogP contribution in [-0.4, -0.2) is 46.3 Å². The summed E-state index contributed by atoms with van der Waals surface area (Å²) in [5.41, 5.74) is 1.56. The summed E-state index contributed by atoms with van der Waals surface area (Å²) in [6.45, 7) is 10.4. The van der Waals surface area contributed by atoms with Gasteiger partial charge < -0.3 is 4.74 Å². The number of nitrogens with one attached hydrogen (secondary N) is 1. The lowest BCUT2D eigenvalue weighted by molar-refractivity contribution is -0.0394. The summed E-state index contributed by atoms with van der Waals surface area (Å²) in [7, 11) is 0. The van der Waals surface area contributed by atoms with Crippen molar-refractivity contribution in [2.45, 2.75) is 39.7 Å². The molecule has 0 saturated carbocycles. The first-order valence-corrected chi connectivity index (χ1v) is 8.03. The van der Waals surface area contributed by atoms with Crippen molar-refractivity contribution in [1.82, 2.24) is 20.1 Å². The molecule has 1 fully saturated rings. The smallest absolute Gasteiger partial charge is 0.180 e. The zero-order valence-electron chi connectivity index (χ0n) is 13.3. The molecule has 21 heavy (non-hydrogen) atoms. The fourth-order valence-electron chi connectivity index (χ4n) is 3.51. The predicted octanol–water partition coefficient (Wildman–Crippen LogP) is 2.48. The predicted molar refractivity (Wildman–Crippen MR) is 81.9 cm³/mol. The van der Waals surface area contributed by atoms with Crippen LogP contribution in [0.15, 0.2) is 11.6 Å². The molecule has 5 nitrogen and oxygen atoms in total. The second-order valence-electron chi connectivity index (χ2n) is 6.51. The van der Waals surface area contributed by atoms with Crippen molar-refractivity contribution < 1.29 is 4.74 Å². The highest BCUT2D eigenvalue weighted by Crippen LogP contribution is 2.31. The Bertz CT molecular complexity index is 510. The first kappa shape index (κ1) is 14.7. The zero-order valence-corrected chi connectivity index (χ0v) is 13.3. The number of rotatable bonds is 3. The SMILES string of the molecule is CC1=CCC[C@H](C)[C@@H]1CN1CCO[C@@H](c2n[nH]c(C)n2)C1. The maximum atomic E-state index is 5.85. The van der Waals surface area contributed by atoms with Crippen LogP contribution in [0.4, 0.5) is 0 Å². The monoisotopic (exact) mass is 290 g/mol. The minimum atomic E-state index is 0.00637. The van der Waals surface area contributed by atoms with Crippen LogP contribution in [-0.2, 0) is 4.74 Å². The maximum Gasteiger partial charge on any atom is 0.180 e. The van der Waals surface area contributed by atoms with Gasteiger partial charge in [-0.25, -0.2) is 4.98 Å². The van der Waals surface area contributed by atoms with Gasteiger partial charge in [0.15, 0.2) is 5.82 Å². The van der Waals surface area contributed by atoms with Crippen molar-refractivity contribution in [3.8, 4) is 0 Å². The molecule has 1 aromatic rings. The van der Waals surface area contributed by atoms with Gasteiger partial charge in [0.05, 0.1) is 6.61 Å². The Morgan fingerprint density at radius 3 is 3.00 bits per heavy atom. The van der Waals surface area contributed by atoms with E-state index in [2.05, 4.69) is 40.0 Å². The Hall–Kier alpha value is -1.20. The third-order valence-electron chi connectivity index (χ3n) is 4.87. The topological polar surface area (TPSA) is 54.0 Å². The number of aryl methyl sites for hydroxylation is 1. The molecular weight excluding hydrogens is 264 g/mol. The van der Waals surface area contributed by atoms with Crippen LogP contribution in [0.1, 0.15) is 44.4 Å². The van der Waals surface area contributed by atoms with Gasteiger partial charge in [0.1, 0.15) is 11.9 Å². The summed E-state index contributed by atoms with van der Waals surface area (Å²) in [4.78, 5) is 6.93. The van der Waals surface area contributed by atoms with E-state index in [4.69, 9.17) is 4.74 Å². The van der Waals surface area contributed by atoms with Crippen molar-refractivity contribution >= 4 is 0 Å². The highest BCUT2D eigenvalue weighted by molar-refractivity contribution is 5.09. The van der Waals surface area contributed by atoms with Crippen LogP contribution in [0.3, 0.4) is 0 Å². The molecule has 116 valence electrons. The van der Waals surface area contributed by atoms with Gasteiger partial charge in [0, 0.05) is 19.6 Å². The maximum absolute atomic E-state index is 5.85. The van der Waals surface area contributed by atoms with E-state index in [1.54, 1.807) is 5.57 Å². The average Bonchev–Trinajstić information content (AvgIpc) is 2.90. The van der Waals surface area contributed by atoms with Crippen LogP contribution >= 0.6 is 0 Å². The molecule has 1 N–H and O–H groups in total. The second kappa shape index (κ2) is 6.28. The van der Waals surface area contributed by atoms with Crippen molar-refractivity contribution in [2.75, 3.05) is 26.2 Å². The van der Waals surface area contributed by atoms with Crippen LogP contribution in [0.2, 0.25) is 0 Å². The van der Waals surface area contributed by atoms with E-state index in [0.29, 0.717) is 5.92 Å². The summed E-state index contributed by atoms with van der Waals surface area (Å²) in [6.07, 6.45) is 4.98. The van der Waals surface area contributed by atoms with Crippen LogP contribution in [0.25, 0.3) is 0 Å². The molecule has 3 rings (SSSR count). The Kier molecular flexibility index (Phi) is 4.40. The first-order valence-electron chi connectivity index (χ1n) is 8.03. The van der Waals surface area contributed by atoms with Gasteiger partial charge in [0.2, 0.25) is 0 Å². The van der Waals surface area contributed by atoms with Gasteiger partial charge in [-0.1, -0.05) is 18.6 Å². The lowest BCUT2D eigenvalue weighted by Gasteiger charge is -2.37. The number of allylic oxidation sites excluding steroid dienone is 1. The number of aromatic amines is 1. The molecule has 0 amide bonds. The molecule has 0 spiro atoms. The number of morpholine rings is 1. The molecule has 2 aliphatic rings. The third kappa shape index (κ3) is 3.35. The van der Waals surface area contributed by atoms with Gasteiger partial charge >= 0.3 is 0 Å². The van der Waals surface area contributed by atoms with E-state index in [9.17, 15) is 0 Å². The van der Waals surface area contributed by atoms with E-state index >= 15 is 0 Å². The van der Waals surface area contributed by atoms with E-state index in [0.717, 1.165) is 43.8 Å². The third-order valence-corrected chi connectivity index (χ3v) is 4.87. The van der Waals surface area contributed by atoms with E-state index in [-0.39, 0.29) is 6.10 Å². The largest absolute Gasteiger partial charge is 0.367 e. The minimum absolute atomic E-state index is 0.00637. The molecule has 0 radical (unpaired) electrons. The quantitative estimate of drug-likeness (QED) is 0.869. The fourth-order valence-corrected chi connectivity index (χ4v) is 3.51. The van der Waals surface area contributed by atoms with Gasteiger partial charge in [0.25, 0.3) is 0 Å². The molecule has 1 aliphatic carbocycles. The number of aromatic nitrogens is 3. The lowest BCUT2D eigenvalue weighted by Crippen LogP contribution is -2.42. The standard InChI is InChI=1S/C16H26N4O/c1-11-5-4-6-12(2)14(11)9-20-7-8-21-15(10-20)16-17-13(3)18-19-16/h5,12,14-15H,4,6-10H2,1-3H3,(H,17,18,19)/t12-,14+,15+/m0/s1. The molecular formula is C16H26N4O. The Morgan fingerprint density at radius 2 is 2.29 bits per heavy atom. The summed E-state index contributed by atoms with van der Waals surface area (Å²) in [5.74, 6) is 3.11. The summed E-state index contributed by atoms with van der Waals surface area (Å²) >= 11 is 0. The number of H-pyrrole nitrogens is 1. The molecule has 0 bridgehead atoms. The average molecular weight is 290 g/mol. The second-order valence-corrected chi connectivity index (χ2v) is 6.51. The fraction of sp³-hybridized carbons (Fsp3) is 0.750. The van der Waals surface area contributed by atoms with Gasteiger partial charge in [-0.05, 0) is 38.5 Å². The number of ether oxygens (including phenoxy) is 1. The van der Waals surface area contributed by atoms with Crippen molar-refractivity contribution in [2.24, 2.45) is 11.8 Å². The number of hydrogen-bond donors (Lipinski definition) is 1. The molecule has 2 heterocycles. The molecule has 0 unspecified atom stereocenters. The van der Waals surface area contributed by atoms with Crippen LogP contribution in [0, 0.1) is 18.8 Å². The normalized spacial score (nSPS) is 31.2. The van der Waals surface area contributed by atoms with Crippen molar-refractivity contribution in [3.63, 3.8) is 0 Å². The lowest BCUT2D eigenvalue weighted by atomic mass is 9.79. The molecule has 5 heteroatoms. The van der Waals surface area contributed by atoms with Crippen molar-refractivity contribution in [1.29, 1.82) is 0 Å². The van der Waals surface area contributed by atoms with Gasteiger partial charge in [-0.3, -0.25) is 10.00 Å². The first-order chi connectivity index (χ1) is 10.1. The highest BCUT2D eigenvalue weighted by atomic mass is 16.5. The zero-order chi connectivity index (χ0) is 14.8. The minimum Gasteiger partial charge on any atom is -0.367 e. The van der Waals surface area contributed by atoms with E-state index < -0.39 is 0 Å². The van der Waals surface area contributed by atoms with Crippen molar-refractivity contribution in [3.05, 3.63) is 23.3 Å². The summed E-state index contributed by atoms with van der Waals surface area (Å²) in [5, 5.41) is 7.16. The summed E-state index contributed by atoms with van der Waals surface area (Å²) in [6, 6.07) is 0. The Balaban J connectivity index is 1.63. The number of nitrogens with zero attached hydrogens (tertiary/aromatic N) is 3. The van der Waals surface area contributed by atoms with E-state index in [1.165, 1.54) is 12.8 Å².